The zero-order valence-corrected chi connectivity index (χ0v) is 16.9. The van der Waals surface area contributed by atoms with Crippen LogP contribution < -0.4 is 15.4 Å². The molecular formula is C23H20F2N4O2. The van der Waals surface area contributed by atoms with Gasteiger partial charge in [-0.2, -0.15) is 5.10 Å². The van der Waals surface area contributed by atoms with Gasteiger partial charge < -0.3 is 10.1 Å². The molecular weight excluding hydrogens is 402 g/mol. The Kier molecular flexibility index (Phi) is 5.53. The summed E-state index contributed by atoms with van der Waals surface area (Å²) in [5, 5.41) is 13.1. The molecule has 0 fully saturated rings. The first-order valence-electron chi connectivity index (χ1n) is 9.60. The smallest absolute Gasteiger partial charge is 0.324 e. The lowest BCUT2D eigenvalue weighted by Crippen LogP contribution is -2.20. The van der Waals surface area contributed by atoms with Crippen molar-refractivity contribution in [2.24, 2.45) is 0 Å². The second kappa shape index (κ2) is 8.43. The monoisotopic (exact) mass is 422 g/mol. The standard InChI is InChI=1S/C23H20F2N4O2/c1-13-6-8-20(14(2)10-13)26-23(30)27-22-16-11-15(7-9-21(16)28-29-22)31-12-17-18(24)4-3-5-19(17)25/h3-11H,12H2,1-2H3,(H3,26,27,28,29,30). The first-order chi connectivity index (χ1) is 14.9. The van der Waals surface area contributed by atoms with E-state index >= 15 is 0 Å². The second-order valence-corrected chi connectivity index (χ2v) is 7.17. The molecule has 0 saturated carbocycles. The van der Waals surface area contributed by atoms with Crippen molar-refractivity contribution in [3.63, 3.8) is 0 Å². The molecule has 4 rings (SSSR count). The predicted octanol–water partition coefficient (Wildman–Crippen LogP) is 5.68. The van der Waals surface area contributed by atoms with Gasteiger partial charge in [0.1, 0.15) is 24.0 Å². The summed E-state index contributed by atoms with van der Waals surface area (Å²) in [7, 11) is 0. The Hall–Kier alpha value is -3.94. The largest absolute Gasteiger partial charge is 0.489 e. The molecule has 8 heteroatoms. The summed E-state index contributed by atoms with van der Waals surface area (Å²) in [4.78, 5) is 12.4. The van der Waals surface area contributed by atoms with E-state index < -0.39 is 17.7 Å². The molecule has 3 aromatic carbocycles. The van der Waals surface area contributed by atoms with E-state index in [1.165, 1.54) is 18.2 Å². The van der Waals surface area contributed by atoms with Crippen LogP contribution in [0.2, 0.25) is 0 Å². The van der Waals surface area contributed by atoms with E-state index in [0.717, 1.165) is 11.1 Å². The number of hydrogen-bond acceptors (Lipinski definition) is 3. The van der Waals surface area contributed by atoms with Crippen LogP contribution in [0.1, 0.15) is 16.7 Å². The van der Waals surface area contributed by atoms with Crippen molar-refractivity contribution < 1.29 is 18.3 Å². The van der Waals surface area contributed by atoms with E-state index in [1.54, 1.807) is 18.2 Å². The number of H-pyrrole nitrogens is 1. The number of urea groups is 1. The molecule has 4 aromatic rings. The van der Waals surface area contributed by atoms with Crippen molar-refractivity contribution in [2.45, 2.75) is 20.5 Å². The Balaban J connectivity index is 1.49. The van der Waals surface area contributed by atoms with Gasteiger partial charge in [-0.3, -0.25) is 10.4 Å². The van der Waals surface area contributed by atoms with Gasteiger partial charge in [0.05, 0.1) is 11.1 Å². The van der Waals surface area contributed by atoms with Gasteiger partial charge in [-0.05, 0) is 55.8 Å². The third-order valence-corrected chi connectivity index (χ3v) is 4.84. The minimum atomic E-state index is -0.671. The van der Waals surface area contributed by atoms with Crippen LogP contribution in [0.25, 0.3) is 10.9 Å². The topological polar surface area (TPSA) is 79.0 Å². The Bertz CT molecular complexity index is 1250. The quantitative estimate of drug-likeness (QED) is 0.387. The van der Waals surface area contributed by atoms with E-state index in [1.807, 2.05) is 32.0 Å². The highest BCUT2D eigenvalue weighted by Gasteiger charge is 2.13. The van der Waals surface area contributed by atoms with E-state index in [-0.39, 0.29) is 12.2 Å². The predicted molar refractivity (Wildman–Crippen MR) is 115 cm³/mol. The van der Waals surface area contributed by atoms with Crippen molar-refractivity contribution in [1.29, 1.82) is 0 Å². The van der Waals surface area contributed by atoms with E-state index in [4.69, 9.17) is 4.74 Å². The van der Waals surface area contributed by atoms with Crippen LogP contribution in [-0.4, -0.2) is 16.2 Å². The number of ether oxygens (including phenoxy) is 1. The third kappa shape index (κ3) is 4.48. The van der Waals surface area contributed by atoms with Crippen molar-refractivity contribution >= 4 is 28.4 Å². The van der Waals surface area contributed by atoms with Crippen molar-refractivity contribution in [3.8, 4) is 5.75 Å². The molecule has 0 unspecified atom stereocenters. The maximum absolute atomic E-state index is 13.8. The summed E-state index contributed by atoms with van der Waals surface area (Å²) in [6, 6.07) is 13.9. The minimum absolute atomic E-state index is 0.152. The SMILES string of the molecule is Cc1ccc(NC(=O)Nc2n[nH]c3ccc(OCc4c(F)cccc4F)cc23)c(C)c1. The molecule has 31 heavy (non-hydrogen) atoms. The molecule has 3 N–H and O–H groups in total. The Morgan fingerprint density at radius 2 is 1.81 bits per heavy atom. The van der Waals surface area contributed by atoms with Crippen LogP contribution in [0, 0.1) is 25.5 Å². The summed E-state index contributed by atoms with van der Waals surface area (Å²) >= 11 is 0. The molecule has 0 aliphatic rings. The minimum Gasteiger partial charge on any atom is -0.489 e. The number of aromatic nitrogens is 2. The molecule has 1 aromatic heterocycles. The van der Waals surface area contributed by atoms with Crippen molar-refractivity contribution in [3.05, 3.63) is 82.9 Å². The van der Waals surface area contributed by atoms with Gasteiger partial charge in [-0.1, -0.05) is 23.8 Å². The molecule has 158 valence electrons. The molecule has 0 bridgehead atoms. The maximum atomic E-state index is 13.8. The summed E-state index contributed by atoms with van der Waals surface area (Å²) in [6.45, 7) is 3.62. The molecule has 0 aliphatic heterocycles. The van der Waals surface area contributed by atoms with Crippen LogP contribution >= 0.6 is 0 Å². The van der Waals surface area contributed by atoms with E-state index in [0.29, 0.717) is 28.2 Å². The Morgan fingerprint density at radius 3 is 2.55 bits per heavy atom. The van der Waals surface area contributed by atoms with Crippen LogP contribution in [0.4, 0.5) is 25.1 Å². The molecule has 0 radical (unpaired) electrons. The van der Waals surface area contributed by atoms with Gasteiger partial charge in [0.15, 0.2) is 5.82 Å². The molecule has 0 spiro atoms. The number of aryl methyl sites for hydroxylation is 2. The number of amides is 2. The molecule has 0 saturated heterocycles. The van der Waals surface area contributed by atoms with Crippen LogP contribution in [-0.2, 0) is 6.61 Å². The first-order valence-corrected chi connectivity index (χ1v) is 9.60. The number of aromatic amines is 1. The molecule has 0 aliphatic carbocycles. The van der Waals surface area contributed by atoms with Crippen molar-refractivity contribution in [2.75, 3.05) is 10.6 Å². The summed E-state index contributed by atoms with van der Waals surface area (Å²) in [6.07, 6.45) is 0. The number of halogens is 2. The van der Waals surface area contributed by atoms with Gasteiger partial charge in [0.2, 0.25) is 0 Å². The second-order valence-electron chi connectivity index (χ2n) is 7.17. The van der Waals surface area contributed by atoms with Gasteiger partial charge >= 0.3 is 6.03 Å². The first kappa shape index (κ1) is 20.3. The van der Waals surface area contributed by atoms with Gasteiger partial charge in [0.25, 0.3) is 0 Å². The van der Waals surface area contributed by atoms with E-state index in [9.17, 15) is 13.6 Å². The Morgan fingerprint density at radius 1 is 1.03 bits per heavy atom. The number of benzene rings is 3. The molecule has 0 atom stereocenters. The number of hydrogen-bond donors (Lipinski definition) is 3. The molecule has 1 heterocycles. The average Bonchev–Trinajstić information content (AvgIpc) is 3.12. The number of nitrogens with zero attached hydrogens (tertiary/aromatic N) is 1. The van der Waals surface area contributed by atoms with Crippen LogP contribution in [0.15, 0.2) is 54.6 Å². The van der Waals surface area contributed by atoms with Gasteiger partial charge in [0, 0.05) is 11.1 Å². The lowest BCUT2D eigenvalue weighted by atomic mass is 10.1. The zero-order chi connectivity index (χ0) is 22.0. The Labute approximate surface area is 177 Å². The fourth-order valence-electron chi connectivity index (χ4n) is 3.22. The average molecular weight is 422 g/mol. The number of fused-ring (bicyclic) bond motifs is 1. The lowest BCUT2D eigenvalue weighted by Gasteiger charge is -2.10. The lowest BCUT2D eigenvalue weighted by molar-refractivity contribution is 0.262. The summed E-state index contributed by atoms with van der Waals surface area (Å²) < 4.78 is 33.2. The highest BCUT2D eigenvalue weighted by atomic mass is 19.1. The summed E-state index contributed by atoms with van der Waals surface area (Å²) in [5.74, 6) is -0.654. The number of anilines is 2. The van der Waals surface area contributed by atoms with Crippen LogP contribution in [0.5, 0.6) is 5.75 Å². The summed E-state index contributed by atoms with van der Waals surface area (Å²) in [5.41, 5.74) is 3.26. The normalized spacial score (nSPS) is 10.8. The highest BCUT2D eigenvalue weighted by Crippen LogP contribution is 2.27. The zero-order valence-electron chi connectivity index (χ0n) is 16.9. The molecule has 2 amide bonds. The van der Waals surface area contributed by atoms with Gasteiger partial charge in [-0.15, -0.1) is 0 Å². The number of rotatable bonds is 5. The molecule has 6 nitrogen and oxygen atoms in total. The van der Waals surface area contributed by atoms with Crippen molar-refractivity contribution in [1.82, 2.24) is 10.2 Å². The number of nitrogens with one attached hydrogen (secondary N) is 3. The maximum Gasteiger partial charge on any atom is 0.324 e. The van der Waals surface area contributed by atoms with E-state index in [2.05, 4.69) is 20.8 Å². The van der Waals surface area contributed by atoms with Crippen LogP contribution in [0.3, 0.4) is 0 Å². The highest BCUT2D eigenvalue weighted by molar-refractivity contribution is 6.05. The fraction of sp³-hybridized carbons (Fsp3) is 0.130. The van der Waals surface area contributed by atoms with Gasteiger partial charge in [-0.25, -0.2) is 13.6 Å². The third-order valence-electron chi connectivity index (χ3n) is 4.84. The number of carbonyl (C=O) groups excluding carboxylic acids is 1. The fourth-order valence-corrected chi connectivity index (χ4v) is 3.22. The number of carbonyl (C=O) groups is 1.